The number of ether oxygens (including phenoxy) is 1. The number of aliphatic hydroxyl groups excluding tert-OH is 1. The molecule has 12 heavy (non-hydrogen) atoms. The molecular formula is C7H13NO4. The Morgan fingerprint density at radius 1 is 1.42 bits per heavy atom. The van der Waals surface area contributed by atoms with Gasteiger partial charge in [0, 0.05) is 13.1 Å². The molecule has 70 valence electrons. The van der Waals surface area contributed by atoms with E-state index in [9.17, 15) is 4.79 Å². The number of morpholine rings is 1. The van der Waals surface area contributed by atoms with Gasteiger partial charge in [0.2, 0.25) is 5.91 Å². The first-order chi connectivity index (χ1) is 5.70. The molecule has 0 aromatic heterocycles. The summed E-state index contributed by atoms with van der Waals surface area (Å²) in [6.45, 7) is 2.16. The third kappa shape index (κ3) is 2.77. The van der Waals surface area contributed by atoms with Gasteiger partial charge in [0.25, 0.3) is 0 Å². The molecule has 1 heterocycles. The van der Waals surface area contributed by atoms with Gasteiger partial charge in [0.1, 0.15) is 0 Å². The van der Waals surface area contributed by atoms with Gasteiger partial charge in [-0.3, -0.25) is 4.79 Å². The SMILES string of the molecule is O=C(CC(O)O)N1CCOCC1. The molecule has 0 aromatic carbocycles. The largest absolute Gasteiger partial charge is 0.378 e. The Hall–Kier alpha value is -0.650. The van der Waals surface area contributed by atoms with Crippen molar-refractivity contribution in [3.63, 3.8) is 0 Å². The maximum atomic E-state index is 11.2. The Morgan fingerprint density at radius 2 is 2.00 bits per heavy atom. The van der Waals surface area contributed by atoms with Crippen molar-refractivity contribution in [2.75, 3.05) is 26.3 Å². The van der Waals surface area contributed by atoms with Crippen molar-refractivity contribution in [2.24, 2.45) is 0 Å². The van der Waals surface area contributed by atoms with Crippen LogP contribution in [0.4, 0.5) is 0 Å². The van der Waals surface area contributed by atoms with Gasteiger partial charge in [-0.05, 0) is 0 Å². The van der Waals surface area contributed by atoms with E-state index in [2.05, 4.69) is 0 Å². The van der Waals surface area contributed by atoms with Crippen molar-refractivity contribution in [2.45, 2.75) is 12.7 Å². The molecule has 0 radical (unpaired) electrons. The molecule has 0 bridgehead atoms. The zero-order chi connectivity index (χ0) is 8.97. The Labute approximate surface area is 70.5 Å². The molecule has 1 amide bonds. The number of hydrogen-bond acceptors (Lipinski definition) is 4. The van der Waals surface area contributed by atoms with Crippen LogP contribution in [0.2, 0.25) is 0 Å². The maximum Gasteiger partial charge on any atom is 0.227 e. The highest BCUT2D eigenvalue weighted by molar-refractivity contribution is 5.76. The van der Waals surface area contributed by atoms with E-state index in [1.807, 2.05) is 0 Å². The van der Waals surface area contributed by atoms with Gasteiger partial charge in [0.05, 0.1) is 19.6 Å². The van der Waals surface area contributed by atoms with Crippen LogP contribution in [0.5, 0.6) is 0 Å². The van der Waals surface area contributed by atoms with Crippen molar-refractivity contribution >= 4 is 5.91 Å². The van der Waals surface area contributed by atoms with Crippen LogP contribution in [-0.4, -0.2) is 53.6 Å². The van der Waals surface area contributed by atoms with Crippen molar-refractivity contribution in [3.8, 4) is 0 Å². The molecule has 5 nitrogen and oxygen atoms in total. The summed E-state index contributed by atoms with van der Waals surface area (Å²) >= 11 is 0. The van der Waals surface area contributed by atoms with Gasteiger partial charge in [-0.25, -0.2) is 0 Å². The van der Waals surface area contributed by atoms with Crippen molar-refractivity contribution in [3.05, 3.63) is 0 Å². The first kappa shape index (κ1) is 9.44. The average molecular weight is 175 g/mol. The summed E-state index contributed by atoms with van der Waals surface area (Å²) in [5, 5.41) is 17.1. The number of hydrogen-bond donors (Lipinski definition) is 2. The molecule has 1 rings (SSSR count). The highest BCUT2D eigenvalue weighted by Crippen LogP contribution is 2.01. The van der Waals surface area contributed by atoms with Gasteiger partial charge in [-0.15, -0.1) is 0 Å². The van der Waals surface area contributed by atoms with Crippen LogP contribution < -0.4 is 0 Å². The lowest BCUT2D eigenvalue weighted by Crippen LogP contribution is -2.41. The minimum absolute atomic E-state index is 0.222. The molecule has 0 spiro atoms. The van der Waals surface area contributed by atoms with Crippen molar-refractivity contribution < 1.29 is 19.7 Å². The monoisotopic (exact) mass is 175 g/mol. The normalized spacial score (nSPS) is 18.4. The topological polar surface area (TPSA) is 70.0 Å². The van der Waals surface area contributed by atoms with Gasteiger partial charge in [-0.2, -0.15) is 0 Å². The van der Waals surface area contributed by atoms with E-state index in [1.54, 1.807) is 4.90 Å². The van der Waals surface area contributed by atoms with E-state index in [0.29, 0.717) is 26.3 Å². The second-order valence-corrected chi connectivity index (χ2v) is 2.68. The molecule has 0 atom stereocenters. The Kier molecular flexibility index (Phi) is 3.46. The molecular weight excluding hydrogens is 162 g/mol. The molecule has 1 saturated heterocycles. The summed E-state index contributed by atoms with van der Waals surface area (Å²) in [5.74, 6) is -0.228. The molecule has 2 N–H and O–H groups in total. The van der Waals surface area contributed by atoms with Crippen LogP contribution in [0.3, 0.4) is 0 Å². The van der Waals surface area contributed by atoms with Crippen molar-refractivity contribution in [1.82, 2.24) is 4.90 Å². The molecule has 1 aliphatic heterocycles. The number of carbonyl (C=O) groups is 1. The maximum absolute atomic E-state index is 11.2. The van der Waals surface area contributed by atoms with Crippen LogP contribution in [0.15, 0.2) is 0 Å². The van der Waals surface area contributed by atoms with Gasteiger partial charge in [-0.1, -0.05) is 0 Å². The number of aliphatic hydroxyl groups is 2. The molecule has 0 aromatic rings. The Bertz CT molecular complexity index is 153. The molecule has 0 unspecified atom stereocenters. The summed E-state index contributed by atoms with van der Waals surface area (Å²) in [6.07, 6.45) is -1.76. The van der Waals surface area contributed by atoms with Crippen LogP contribution in [0.1, 0.15) is 6.42 Å². The van der Waals surface area contributed by atoms with E-state index in [-0.39, 0.29) is 12.3 Å². The lowest BCUT2D eigenvalue weighted by Gasteiger charge is -2.27. The molecule has 0 saturated carbocycles. The standard InChI is InChI=1S/C7H13NO4/c9-6(5-7(10)11)8-1-3-12-4-2-8/h7,10-11H,1-5H2. The summed E-state index contributed by atoms with van der Waals surface area (Å²) < 4.78 is 5.04. The Balaban J connectivity index is 2.30. The quantitative estimate of drug-likeness (QED) is 0.503. The zero-order valence-corrected chi connectivity index (χ0v) is 6.77. The Morgan fingerprint density at radius 3 is 2.50 bits per heavy atom. The first-order valence-corrected chi connectivity index (χ1v) is 3.92. The fourth-order valence-corrected chi connectivity index (χ4v) is 1.10. The second-order valence-electron chi connectivity index (χ2n) is 2.68. The van der Waals surface area contributed by atoms with Gasteiger partial charge >= 0.3 is 0 Å². The lowest BCUT2D eigenvalue weighted by atomic mass is 10.3. The number of rotatable bonds is 2. The summed E-state index contributed by atoms with van der Waals surface area (Å²) in [5.41, 5.74) is 0. The van der Waals surface area contributed by atoms with E-state index in [1.165, 1.54) is 0 Å². The van der Waals surface area contributed by atoms with Gasteiger partial charge < -0.3 is 19.8 Å². The fraction of sp³-hybridized carbons (Fsp3) is 0.857. The average Bonchev–Trinajstić information content (AvgIpc) is 2.05. The van der Waals surface area contributed by atoms with E-state index < -0.39 is 6.29 Å². The first-order valence-electron chi connectivity index (χ1n) is 3.92. The van der Waals surface area contributed by atoms with Crippen LogP contribution >= 0.6 is 0 Å². The fourth-order valence-electron chi connectivity index (χ4n) is 1.10. The summed E-state index contributed by atoms with van der Waals surface area (Å²) in [6, 6.07) is 0. The molecule has 1 fully saturated rings. The van der Waals surface area contributed by atoms with Gasteiger partial charge in [0.15, 0.2) is 6.29 Å². The van der Waals surface area contributed by atoms with Crippen LogP contribution in [-0.2, 0) is 9.53 Å². The number of nitrogens with zero attached hydrogens (tertiary/aromatic N) is 1. The predicted molar refractivity (Wildman–Crippen MR) is 40.2 cm³/mol. The molecule has 0 aliphatic carbocycles. The number of carbonyl (C=O) groups excluding carboxylic acids is 1. The zero-order valence-electron chi connectivity index (χ0n) is 6.77. The highest BCUT2D eigenvalue weighted by atomic mass is 16.5. The minimum Gasteiger partial charge on any atom is -0.378 e. The van der Waals surface area contributed by atoms with E-state index >= 15 is 0 Å². The third-order valence-corrected chi connectivity index (χ3v) is 1.72. The summed E-state index contributed by atoms with van der Waals surface area (Å²) in [7, 11) is 0. The van der Waals surface area contributed by atoms with Crippen molar-refractivity contribution in [1.29, 1.82) is 0 Å². The predicted octanol–water partition coefficient (Wildman–Crippen LogP) is -1.45. The molecule has 5 heteroatoms. The highest BCUT2D eigenvalue weighted by Gasteiger charge is 2.18. The van der Waals surface area contributed by atoms with E-state index in [4.69, 9.17) is 14.9 Å². The van der Waals surface area contributed by atoms with Crippen LogP contribution in [0, 0.1) is 0 Å². The smallest absolute Gasteiger partial charge is 0.227 e. The van der Waals surface area contributed by atoms with Crippen LogP contribution in [0.25, 0.3) is 0 Å². The summed E-state index contributed by atoms with van der Waals surface area (Å²) in [4.78, 5) is 12.7. The van der Waals surface area contributed by atoms with E-state index in [0.717, 1.165) is 0 Å². The number of amides is 1. The lowest BCUT2D eigenvalue weighted by molar-refractivity contribution is -0.143. The third-order valence-electron chi connectivity index (χ3n) is 1.72. The molecule has 1 aliphatic rings. The minimum atomic E-state index is -1.54. The second kappa shape index (κ2) is 4.39.